The van der Waals surface area contributed by atoms with E-state index >= 15 is 0 Å². The maximum absolute atomic E-state index is 5.78. The molecule has 27 heavy (non-hydrogen) atoms. The molecule has 0 unspecified atom stereocenters. The molecule has 142 valence electrons. The third kappa shape index (κ3) is 6.41. The van der Waals surface area contributed by atoms with E-state index in [-0.39, 0.29) is 0 Å². The van der Waals surface area contributed by atoms with Gasteiger partial charge in [-0.3, -0.25) is 0 Å². The van der Waals surface area contributed by atoms with Crippen molar-refractivity contribution in [2.75, 3.05) is 27.2 Å². The highest BCUT2D eigenvalue weighted by atomic mass is 32.2. The van der Waals surface area contributed by atoms with Crippen LogP contribution in [0.5, 0.6) is 5.75 Å². The second-order valence-corrected chi connectivity index (χ2v) is 7.49. The second kappa shape index (κ2) is 10.1. The van der Waals surface area contributed by atoms with E-state index < -0.39 is 0 Å². The average molecular weight is 384 g/mol. The van der Waals surface area contributed by atoms with Crippen LogP contribution in [0.15, 0.2) is 59.0 Å². The molecular weight excluding hydrogens is 358 g/mol. The standard InChI is InChI=1S/C21H25N3O2S/c1-24(2)13-6-14-25-19-11-9-18(10-12-19)21-23-22-20(26-21)16-27-15-17-7-4-3-5-8-17/h3-5,7-12H,6,13-16H2,1-2H3. The molecule has 0 saturated carbocycles. The molecule has 0 spiro atoms. The van der Waals surface area contributed by atoms with Gasteiger partial charge < -0.3 is 14.1 Å². The molecule has 3 rings (SSSR count). The van der Waals surface area contributed by atoms with Crippen LogP contribution in [0.4, 0.5) is 0 Å². The van der Waals surface area contributed by atoms with Crippen molar-refractivity contribution in [2.45, 2.75) is 17.9 Å². The van der Waals surface area contributed by atoms with Gasteiger partial charge in [-0.25, -0.2) is 0 Å². The van der Waals surface area contributed by atoms with Gasteiger partial charge in [0.05, 0.1) is 12.4 Å². The van der Waals surface area contributed by atoms with Crippen molar-refractivity contribution in [3.63, 3.8) is 0 Å². The first-order valence-electron chi connectivity index (χ1n) is 9.03. The summed E-state index contributed by atoms with van der Waals surface area (Å²) in [6.45, 7) is 1.73. The Kier molecular flexibility index (Phi) is 7.30. The summed E-state index contributed by atoms with van der Waals surface area (Å²) in [5.74, 6) is 3.68. The Balaban J connectivity index is 1.47. The zero-order chi connectivity index (χ0) is 18.9. The molecule has 0 radical (unpaired) electrons. The van der Waals surface area contributed by atoms with E-state index in [1.807, 2.05) is 30.3 Å². The summed E-state index contributed by atoms with van der Waals surface area (Å²) in [7, 11) is 4.13. The maximum Gasteiger partial charge on any atom is 0.247 e. The zero-order valence-corrected chi connectivity index (χ0v) is 16.6. The summed E-state index contributed by atoms with van der Waals surface area (Å²) in [6, 6.07) is 18.2. The van der Waals surface area contributed by atoms with Crippen LogP contribution in [-0.2, 0) is 11.5 Å². The molecular formula is C21H25N3O2S. The lowest BCUT2D eigenvalue weighted by Gasteiger charge is -2.10. The number of nitrogens with zero attached hydrogens (tertiary/aromatic N) is 3. The van der Waals surface area contributed by atoms with Gasteiger partial charge >= 0.3 is 0 Å². The summed E-state index contributed by atoms with van der Waals surface area (Å²) >= 11 is 1.76. The van der Waals surface area contributed by atoms with Gasteiger partial charge in [-0.05, 0) is 50.3 Å². The van der Waals surface area contributed by atoms with E-state index in [1.54, 1.807) is 11.8 Å². The molecule has 0 atom stereocenters. The van der Waals surface area contributed by atoms with Crippen molar-refractivity contribution >= 4 is 11.8 Å². The van der Waals surface area contributed by atoms with E-state index in [9.17, 15) is 0 Å². The molecule has 0 fully saturated rings. The first kappa shape index (κ1) is 19.5. The van der Waals surface area contributed by atoms with E-state index in [0.717, 1.165) is 30.0 Å². The van der Waals surface area contributed by atoms with Gasteiger partial charge in [-0.1, -0.05) is 30.3 Å². The SMILES string of the molecule is CN(C)CCCOc1ccc(-c2nnc(CSCc3ccccc3)o2)cc1. The van der Waals surface area contributed by atoms with Gasteiger partial charge in [0, 0.05) is 17.9 Å². The highest BCUT2D eigenvalue weighted by molar-refractivity contribution is 7.97. The molecule has 0 aliphatic carbocycles. The van der Waals surface area contributed by atoms with Gasteiger partial charge in [0.1, 0.15) is 5.75 Å². The molecule has 2 aromatic carbocycles. The van der Waals surface area contributed by atoms with E-state index in [2.05, 4.69) is 53.5 Å². The van der Waals surface area contributed by atoms with Crippen LogP contribution in [0.3, 0.4) is 0 Å². The molecule has 3 aromatic rings. The van der Waals surface area contributed by atoms with Gasteiger partial charge in [0.25, 0.3) is 0 Å². The predicted molar refractivity (Wildman–Crippen MR) is 110 cm³/mol. The number of rotatable bonds is 10. The molecule has 0 N–H and O–H groups in total. The molecule has 1 heterocycles. The minimum Gasteiger partial charge on any atom is -0.494 e. The monoisotopic (exact) mass is 383 g/mol. The summed E-state index contributed by atoms with van der Waals surface area (Å²) in [5.41, 5.74) is 2.20. The largest absolute Gasteiger partial charge is 0.494 e. The van der Waals surface area contributed by atoms with Crippen LogP contribution in [0.1, 0.15) is 17.9 Å². The quantitative estimate of drug-likeness (QED) is 0.481. The Morgan fingerprint density at radius 2 is 1.74 bits per heavy atom. The predicted octanol–water partition coefficient (Wildman–Crippen LogP) is 4.50. The summed E-state index contributed by atoms with van der Waals surface area (Å²) in [6.07, 6.45) is 1.00. The molecule has 6 heteroatoms. The lowest BCUT2D eigenvalue weighted by molar-refractivity contribution is 0.281. The van der Waals surface area contributed by atoms with Crippen molar-refractivity contribution in [3.8, 4) is 17.2 Å². The van der Waals surface area contributed by atoms with Gasteiger partial charge in [0.15, 0.2) is 0 Å². The van der Waals surface area contributed by atoms with Crippen molar-refractivity contribution in [2.24, 2.45) is 0 Å². The second-order valence-electron chi connectivity index (χ2n) is 6.51. The third-order valence-electron chi connectivity index (χ3n) is 3.92. The van der Waals surface area contributed by atoms with Crippen LogP contribution in [0.25, 0.3) is 11.5 Å². The van der Waals surface area contributed by atoms with Crippen molar-refractivity contribution < 1.29 is 9.15 Å². The number of benzene rings is 2. The first-order chi connectivity index (χ1) is 13.2. The fraction of sp³-hybridized carbons (Fsp3) is 0.333. The Labute approximate surface area is 164 Å². The number of aromatic nitrogens is 2. The highest BCUT2D eigenvalue weighted by Gasteiger charge is 2.09. The molecule has 0 amide bonds. The summed E-state index contributed by atoms with van der Waals surface area (Å²) in [4.78, 5) is 2.15. The number of hydrogen-bond donors (Lipinski definition) is 0. The Morgan fingerprint density at radius 1 is 0.963 bits per heavy atom. The van der Waals surface area contributed by atoms with E-state index in [1.165, 1.54) is 5.56 Å². The molecule has 1 aromatic heterocycles. The number of hydrogen-bond acceptors (Lipinski definition) is 6. The van der Waals surface area contributed by atoms with E-state index in [0.29, 0.717) is 24.1 Å². The fourth-order valence-electron chi connectivity index (χ4n) is 2.52. The summed E-state index contributed by atoms with van der Waals surface area (Å²) < 4.78 is 11.5. The number of thioether (sulfide) groups is 1. The normalized spacial score (nSPS) is 11.1. The van der Waals surface area contributed by atoms with Gasteiger partial charge in [-0.15, -0.1) is 22.0 Å². The zero-order valence-electron chi connectivity index (χ0n) is 15.8. The smallest absolute Gasteiger partial charge is 0.247 e. The van der Waals surface area contributed by atoms with Crippen LogP contribution in [0, 0.1) is 0 Å². The summed E-state index contributed by atoms with van der Waals surface area (Å²) in [5, 5.41) is 8.31. The minimum atomic E-state index is 0.546. The van der Waals surface area contributed by atoms with Crippen LogP contribution in [-0.4, -0.2) is 42.3 Å². The highest BCUT2D eigenvalue weighted by Crippen LogP contribution is 2.23. The van der Waals surface area contributed by atoms with E-state index in [4.69, 9.17) is 9.15 Å². The molecule has 0 aliphatic rings. The lowest BCUT2D eigenvalue weighted by Crippen LogP contribution is -2.15. The molecule has 0 saturated heterocycles. The first-order valence-corrected chi connectivity index (χ1v) is 10.2. The third-order valence-corrected chi connectivity index (χ3v) is 4.91. The van der Waals surface area contributed by atoms with Crippen LogP contribution >= 0.6 is 11.8 Å². The van der Waals surface area contributed by atoms with Crippen molar-refractivity contribution in [1.29, 1.82) is 0 Å². The Morgan fingerprint density at radius 3 is 2.48 bits per heavy atom. The van der Waals surface area contributed by atoms with Crippen LogP contribution < -0.4 is 4.74 Å². The Bertz CT molecular complexity index is 804. The minimum absolute atomic E-state index is 0.546. The Hall–Kier alpha value is -2.31. The van der Waals surface area contributed by atoms with Gasteiger partial charge in [-0.2, -0.15) is 0 Å². The fourth-order valence-corrected chi connectivity index (χ4v) is 3.35. The molecule has 0 bridgehead atoms. The van der Waals surface area contributed by atoms with Crippen molar-refractivity contribution in [1.82, 2.24) is 15.1 Å². The van der Waals surface area contributed by atoms with Crippen molar-refractivity contribution in [3.05, 3.63) is 66.1 Å². The maximum atomic E-state index is 5.78. The van der Waals surface area contributed by atoms with Gasteiger partial charge in [0.2, 0.25) is 11.8 Å². The molecule has 0 aliphatic heterocycles. The number of ether oxygens (including phenoxy) is 1. The average Bonchev–Trinajstić information content (AvgIpc) is 3.15. The topological polar surface area (TPSA) is 51.4 Å². The van der Waals surface area contributed by atoms with Crippen LogP contribution in [0.2, 0.25) is 0 Å². The lowest BCUT2D eigenvalue weighted by atomic mass is 10.2. The molecule has 5 nitrogen and oxygen atoms in total.